The zero-order valence-electron chi connectivity index (χ0n) is 20.6. The summed E-state index contributed by atoms with van der Waals surface area (Å²) in [6.45, 7) is 5.76. The Bertz CT molecular complexity index is 993. The highest BCUT2D eigenvalue weighted by Crippen LogP contribution is 2.46. The summed E-state index contributed by atoms with van der Waals surface area (Å²) in [7, 11) is 0. The molecule has 2 fully saturated rings. The summed E-state index contributed by atoms with van der Waals surface area (Å²) in [5.74, 6) is 2.49. The van der Waals surface area contributed by atoms with E-state index < -0.39 is 0 Å². The van der Waals surface area contributed by atoms with Crippen LogP contribution in [0.1, 0.15) is 55.7 Å². The molecule has 188 valence electrons. The van der Waals surface area contributed by atoms with Gasteiger partial charge in [-0.15, -0.1) is 11.8 Å². The Balaban J connectivity index is 1.09. The summed E-state index contributed by atoms with van der Waals surface area (Å²) in [6.07, 6.45) is 6.62. The second-order valence-corrected chi connectivity index (χ2v) is 11.5. The van der Waals surface area contributed by atoms with E-state index in [1.807, 2.05) is 17.8 Å². The third-order valence-electron chi connectivity index (χ3n) is 8.06. The van der Waals surface area contributed by atoms with E-state index in [-0.39, 0.29) is 17.8 Å². The summed E-state index contributed by atoms with van der Waals surface area (Å²) >= 11 is 1.98. The number of thioether (sulfide) groups is 1. The van der Waals surface area contributed by atoms with Crippen LogP contribution in [0.15, 0.2) is 53.4 Å². The van der Waals surface area contributed by atoms with Crippen LogP contribution in [-0.4, -0.2) is 54.2 Å². The van der Waals surface area contributed by atoms with Crippen molar-refractivity contribution in [3.05, 3.63) is 65.5 Å². The molecule has 1 N–H and O–H groups in total. The van der Waals surface area contributed by atoms with Crippen molar-refractivity contribution < 1.29 is 9.18 Å². The van der Waals surface area contributed by atoms with Crippen LogP contribution in [0.2, 0.25) is 0 Å². The monoisotopic (exact) mass is 495 g/mol. The number of halogens is 1. The SMILES string of the molecule is O=C(CCCN1CCN(Cc2cccc(F)c2)CC1)N[C@H]1c2ccccc2SC[C@@H]2CCCC[C@H]21. The molecule has 2 aliphatic heterocycles. The molecule has 1 aliphatic carbocycles. The number of amides is 1. The van der Waals surface area contributed by atoms with Crippen molar-refractivity contribution in [3.8, 4) is 0 Å². The van der Waals surface area contributed by atoms with Crippen LogP contribution in [0.3, 0.4) is 0 Å². The molecule has 2 heterocycles. The molecule has 35 heavy (non-hydrogen) atoms. The molecule has 0 spiro atoms. The van der Waals surface area contributed by atoms with Crippen molar-refractivity contribution in [2.45, 2.75) is 56.0 Å². The summed E-state index contributed by atoms with van der Waals surface area (Å²) in [4.78, 5) is 19.3. The first-order valence-corrected chi connectivity index (χ1v) is 14.3. The lowest BCUT2D eigenvalue weighted by Gasteiger charge is -2.36. The fourth-order valence-electron chi connectivity index (χ4n) is 6.14. The van der Waals surface area contributed by atoms with Gasteiger partial charge < -0.3 is 10.2 Å². The molecule has 3 aliphatic rings. The van der Waals surface area contributed by atoms with Gasteiger partial charge in [0.25, 0.3) is 0 Å². The maximum absolute atomic E-state index is 13.5. The molecular weight excluding hydrogens is 457 g/mol. The lowest BCUT2D eigenvalue weighted by atomic mass is 9.74. The maximum Gasteiger partial charge on any atom is 0.220 e. The number of carbonyl (C=O) groups excluding carboxylic acids is 1. The van der Waals surface area contributed by atoms with Crippen molar-refractivity contribution in [2.24, 2.45) is 11.8 Å². The third kappa shape index (κ3) is 6.46. The Hall–Kier alpha value is -1.89. The largest absolute Gasteiger partial charge is 0.349 e. The number of benzene rings is 2. The first-order valence-electron chi connectivity index (χ1n) is 13.4. The van der Waals surface area contributed by atoms with E-state index in [1.54, 1.807) is 12.1 Å². The van der Waals surface area contributed by atoms with Gasteiger partial charge in [0, 0.05) is 49.8 Å². The molecule has 0 radical (unpaired) electrons. The van der Waals surface area contributed by atoms with E-state index in [4.69, 9.17) is 0 Å². The second-order valence-electron chi connectivity index (χ2n) is 10.5. The highest BCUT2D eigenvalue weighted by Gasteiger charge is 2.37. The Morgan fingerprint density at radius 2 is 1.80 bits per heavy atom. The van der Waals surface area contributed by atoms with Crippen LogP contribution in [0.4, 0.5) is 4.39 Å². The average Bonchev–Trinajstić information content (AvgIpc) is 3.03. The normalized spacial score (nSPS) is 25.3. The Kier molecular flexibility index (Phi) is 8.43. The van der Waals surface area contributed by atoms with Crippen molar-refractivity contribution in [2.75, 3.05) is 38.5 Å². The molecule has 6 heteroatoms. The minimum absolute atomic E-state index is 0.158. The van der Waals surface area contributed by atoms with Gasteiger partial charge in [0.15, 0.2) is 0 Å². The predicted molar refractivity (Wildman–Crippen MR) is 141 cm³/mol. The first-order chi connectivity index (χ1) is 17.2. The molecule has 0 bridgehead atoms. The number of piperazine rings is 1. The molecule has 5 rings (SSSR count). The number of nitrogens with zero attached hydrogens (tertiary/aromatic N) is 2. The van der Waals surface area contributed by atoms with Crippen LogP contribution in [0.25, 0.3) is 0 Å². The fourth-order valence-corrected chi connectivity index (χ4v) is 7.48. The molecule has 2 aromatic rings. The van der Waals surface area contributed by atoms with Crippen LogP contribution in [0.5, 0.6) is 0 Å². The molecule has 1 saturated carbocycles. The number of fused-ring (bicyclic) bond motifs is 2. The fraction of sp³-hybridized carbons (Fsp3) is 0.552. The third-order valence-corrected chi connectivity index (χ3v) is 9.34. The van der Waals surface area contributed by atoms with Gasteiger partial charge in [0.2, 0.25) is 5.91 Å². The minimum atomic E-state index is -0.162. The van der Waals surface area contributed by atoms with E-state index in [2.05, 4.69) is 39.4 Å². The van der Waals surface area contributed by atoms with E-state index in [0.717, 1.165) is 51.3 Å². The predicted octanol–water partition coefficient (Wildman–Crippen LogP) is 5.49. The Morgan fingerprint density at radius 3 is 2.66 bits per heavy atom. The van der Waals surface area contributed by atoms with Gasteiger partial charge in [-0.25, -0.2) is 4.39 Å². The molecule has 3 atom stereocenters. The summed E-state index contributed by atoms with van der Waals surface area (Å²) in [5.41, 5.74) is 2.36. The summed E-state index contributed by atoms with van der Waals surface area (Å²) in [6, 6.07) is 15.8. The van der Waals surface area contributed by atoms with Gasteiger partial charge in [-0.1, -0.05) is 43.2 Å². The van der Waals surface area contributed by atoms with E-state index in [9.17, 15) is 9.18 Å². The van der Waals surface area contributed by atoms with Gasteiger partial charge in [-0.3, -0.25) is 9.69 Å². The quantitative estimate of drug-likeness (QED) is 0.551. The highest BCUT2D eigenvalue weighted by molar-refractivity contribution is 7.99. The number of nitrogens with one attached hydrogen (secondary N) is 1. The molecule has 0 aromatic heterocycles. The number of carbonyl (C=O) groups is 1. The molecule has 1 amide bonds. The van der Waals surface area contributed by atoms with Gasteiger partial charge >= 0.3 is 0 Å². The van der Waals surface area contributed by atoms with Gasteiger partial charge in [-0.2, -0.15) is 0 Å². The number of rotatable bonds is 7. The lowest BCUT2D eigenvalue weighted by molar-refractivity contribution is -0.122. The standard InChI is InChI=1S/C29H38FN3OS/c30-24-9-5-7-22(19-24)20-33-17-15-32(16-18-33)14-6-13-28(34)31-29-25-10-2-1-8-23(25)21-35-27-12-4-3-11-26(27)29/h3-5,7,9,11-12,19,23,25,29H,1-2,6,8,10,13-18,20-21H2,(H,31,34)/t23-,25+,29+/m0/s1. The average molecular weight is 496 g/mol. The Morgan fingerprint density at radius 1 is 1.00 bits per heavy atom. The lowest BCUT2D eigenvalue weighted by Crippen LogP contribution is -2.46. The van der Waals surface area contributed by atoms with Gasteiger partial charge in [0.1, 0.15) is 5.82 Å². The zero-order chi connectivity index (χ0) is 24.0. The Labute approximate surface area is 213 Å². The molecule has 2 aromatic carbocycles. The van der Waals surface area contributed by atoms with Crippen molar-refractivity contribution >= 4 is 17.7 Å². The van der Waals surface area contributed by atoms with Crippen molar-refractivity contribution in [1.82, 2.24) is 15.1 Å². The smallest absolute Gasteiger partial charge is 0.220 e. The maximum atomic E-state index is 13.5. The van der Waals surface area contributed by atoms with Crippen molar-refractivity contribution in [1.29, 1.82) is 0 Å². The van der Waals surface area contributed by atoms with Crippen LogP contribution >= 0.6 is 11.8 Å². The topological polar surface area (TPSA) is 35.6 Å². The summed E-state index contributed by atoms with van der Waals surface area (Å²) < 4.78 is 13.5. The molecule has 1 saturated heterocycles. The highest BCUT2D eigenvalue weighted by atomic mass is 32.2. The molecular formula is C29H38FN3OS. The first kappa shape index (κ1) is 24.8. The minimum Gasteiger partial charge on any atom is -0.349 e. The number of hydrogen-bond acceptors (Lipinski definition) is 4. The molecule has 0 unspecified atom stereocenters. The molecule has 4 nitrogen and oxygen atoms in total. The second kappa shape index (κ2) is 11.9. The van der Waals surface area contributed by atoms with E-state index in [1.165, 1.54) is 48.0 Å². The summed E-state index contributed by atoms with van der Waals surface area (Å²) in [5, 5.41) is 3.48. The zero-order valence-corrected chi connectivity index (χ0v) is 21.4. The van der Waals surface area contributed by atoms with Crippen LogP contribution < -0.4 is 5.32 Å². The van der Waals surface area contributed by atoms with E-state index >= 15 is 0 Å². The van der Waals surface area contributed by atoms with Gasteiger partial charge in [-0.05, 0) is 67.0 Å². The van der Waals surface area contributed by atoms with E-state index in [0.29, 0.717) is 18.3 Å². The van der Waals surface area contributed by atoms with Gasteiger partial charge in [0.05, 0.1) is 6.04 Å². The van der Waals surface area contributed by atoms with Crippen LogP contribution in [0, 0.1) is 17.7 Å². The van der Waals surface area contributed by atoms with Crippen molar-refractivity contribution in [3.63, 3.8) is 0 Å². The van der Waals surface area contributed by atoms with Crippen LogP contribution in [-0.2, 0) is 11.3 Å². The number of hydrogen-bond donors (Lipinski definition) is 1.